The van der Waals surface area contributed by atoms with Gasteiger partial charge in [0.15, 0.2) is 0 Å². The zero-order chi connectivity index (χ0) is 0. The molecule has 0 unspecified atom stereocenters. The lowest BCUT2D eigenvalue weighted by molar-refractivity contribution is 6.92. The first-order valence-corrected chi connectivity index (χ1v) is 0. The molecule has 0 amide bonds. The minimum absolute atomic E-state index is 0. The second kappa shape index (κ2) is 93.9. The average molecular weight is 270 g/mol. The van der Waals surface area contributed by atoms with Crippen LogP contribution < -0.4 is 0 Å². The van der Waals surface area contributed by atoms with Crippen LogP contribution in [0, 0.1) is 0 Å². The van der Waals surface area contributed by atoms with Gasteiger partial charge in [-0.2, -0.15) is 94.5 Å². The van der Waals surface area contributed by atoms with Crippen LogP contribution in [0.3, 0.4) is 0 Å². The maximum Gasteiger partial charge on any atom is 0 e. The van der Waals surface area contributed by atoms with E-state index in [2.05, 4.69) is 0 Å². The van der Waals surface area contributed by atoms with Gasteiger partial charge in [-0.05, 0) is 0 Å². The van der Waals surface area contributed by atoms with Crippen LogP contribution in [0.25, 0.3) is 0 Å². The van der Waals surface area contributed by atoms with Crippen LogP contribution in [0.4, 0.5) is 0 Å². The van der Waals surface area contributed by atoms with Crippen molar-refractivity contribution in [3.63, 3.8) is 0 Å². The second-order valence-corrected chi connectivity index (χ2v) is 0. The highest BCUT2D eigenvalue weighted by atomic mass is 32.1. The summed E-state index contributed by atoms with van der Waals surface area (Å²) in [7, 11) is 0. The van der Waals surface area contributed by atoms with Crippen LogP contribution >= 0.6 is 104 Å². The van der Waals surface area contributed by atoms with Crippen molar-refractivity contribution in [1.29, 1.82) is 0 Å². The SMILES string of the molecule is S.S.S.S.S.S.S.[P]. The summed E-state index contributed by atoms with van der Waals surface area (Å²) in [5.74, 6) is 0. The van der Waals surface area contributed by atoms with E-state index in [4.69, 9.17) is 0 Å². The quantitative estimate of drug-likeness (QED) is 0.587. The van der Waals surface area contributed by atoms with Gasteiger partial charge in [0.25, 0.3) is 0 Å². The molecule has 0 rings (SSSR count). The van der Waals surface area contributed by atoms with Crippen molar-refractivity contribution in [3.05, 3.63) is 0 Å². The molecule has 0 spiro atoms. The third-order valence-corrected chi connectivity index (χ3v) is 0. The molecule has 0 atom stereocenters. The Kier molecular flexibility index (Phi) is 1500. The molecule has 8 heavy (non-hydrogen) atoms. The van der Waals surface area contributed by atoms with E-state index in [9.17, 15) is 0 Å². The van der Waals surface area contributed by atoms with Crippen molar-refractivity contribution in [2.45, 2.75) is 0 Å². The number of hydrogen-bond donors (Lipinski definition) is 0. The summed E-state index contributed by atoms with van der Waals surface area (Å²) < 4.78 is 0. The lowest BCUT2D eigenvalue weighted by atomic mass is 31.0. The summed E-state index contributed by atoms with van der Waals surface area (Å²) in [5, 5.41) is 0. The first kappa shape index (κ1) is 128. The summed E-state index contributed by atoms with van der Waals surface area (Å²) in [5.41, 5.74) is 0. The molecule has 0 aromatic carbocycles. The van der Waals surface area contributed by atoms with Crippen LogP contribution in [0.15, 0.2) is 0 Å². The zero-order valence-electron chi connectivity index (χ0n) is 3.95. The lowest BCUT2D eigenvalue weighted by Crippen LogP contribution is 0.647. The van der Waals surface area contributed by atoms with Gasteiger partial charge in [-0.15, -0.1) is 0 Å². The third-order valence-electron chi connectivity index (χ3n) is 0. The predicted octanol–water partition coefficient (Wildman–Crippen LogP) is 1.65. The zero-order valence-corrected chi connectivity index (χ0v) is 11.8. The van der Waals surface area contributed by atoms with E-state index in [-0.39, 0.29) is 104 Å². The van der Waals surface area contributed by atoms with Crippen molar-refractivity contribution in [2.75, 3.05) is 0 Å². The smallest absolute Gasteiger partial charge is 0 e. The van der Waals surface area contributed by atoms with E-state index >= 15 is 0 Å². The maximum atomic E-state index is 0. The highest BCUT2D eigenvalue weighted by Gasteiger charge is 0.0000367. The third kappa shape index (κ3) is 66.5. The Labute approximate surface area is 103 Å². The van der Waals surface area contributed by atoms with Gasteiger partial charge in [0.1, 0.15) is 0 Å². The van der Waals surface area contributed by atoms with Crippen molar-refractivity contribution in [2.24, 2.45) is 0 Å². The molecule has 0 aliphatic rings. The van der Waals surface area contributed by atoms with E-state index in [0.29, 0.717) is 0 Å². The molecule has 61 valence electrons. The van der Waals surface area contributed by atoms with Crippen LogP contribution in [0.5, 0.6) is 0 Å². The Morgan fingerprint density at radius 1 is 0.250 bits per heavy atom. The molecular formula is H14PS7. The fourth-order valence-electron chi connectivity index (χ4n) is 0. The molecule has 0 saturated carbocycles. The van der Waals surface area contributed by atoms with Crippen LogP contribution in [0.1, 0.15) is 0 Å². The van der Waals surface area contributed by atoms with E-state index in [0.717, 1.165) is 0 Å². The van der Waals surface area contributed by atoms with Crippen molar-refractivity contribution in [1.82, 2.24) is 0 Å². The summed E-state index contributed by atoms with van der Waals surface area (Å²) in [6.45, 7) is 0. The molecule has 0 bridgehead atoms. The van der Waals surface area contributed by atoms with Gasteiger partial charge < -0.3 is 0 Å². The van der Waals surface area contributed by atoms with E-state index in [1.165, 1.54) is 0 Å². The molecule has 0 saturated heterocycles. The lowest BCUT2D eigenvalue weighted by Gasteiger charge is -0.198. The molecule has 0 aliphatic heterocycles. The second-order valence-electron chi connectivity index (χ2n) is 0. The van der Waals surface area contributed by atoms with Crippen molar-refractivity contribution < 1.29 is 0 Å². The van der Waals surface area contributed by atoms with E-state index < -0.39 is 0 Å². The van der Waals surface area contributed by atoms with Gasteiger partial charge in [0.05, 0.1) is 0 Å². The average Bonchev–Trinajstić information content (AvgIpc) is 0. The fourth-order valence-corrected chi connectivity index (χ4v) is 0. The van der Waals surface area contributed by atoms with Gasteiger partial charge in [-0.1, -0.05) is 0 Å². The summed E-state index contributed by atoms with van der Waals surface area (Å²) >= 11 is 0. The molecule has 0 nitrogen and oxygen atoms in total. The summed E-state index contributed by atoms with van der Waals surface area (Å²) in [6, 6.07) is 0. The van der Waals surface area contributed by atoms with Crippen LogP contribution in [0.2, 0.25) is 0 Å². The standard InChI is InChI=1S/P.7H2S/h;7*1H2. The first-order chi connectivity index (χ1) is 0. The molecule has 0 aromatic rings. The van der Waals surface area contributed by atoms with Crippen molar-refractivity contribution >= 4 is 104 Å². The molecule has 0 N–H and O–H groups in total. The largest absolute Gasteiger partial charge is 0.197 e. The molecule has 0 fully saturated rings. The Bertz CT molecular complexity index is 4.35. The van der Waals surface area contributed by atoms with E-state index in [1.807, 2.05) is 0 Å². The van der Waals surface area contributed by atoms with Crippen LogP contribution in [-0.4, -0.2) is 0 Å². The topological polar surface area (TPSA) is 0 Å². The fraction of sp³-hybridized carbons (Fsp3) is 0. The minimum atomic E-state index is 0. The molecule has 8 heteroatoms. The van der Waals surface area contributed by atoms with Gasteiger partial charge in [0.2, 0.25) is 0 Å². The van der Waals surface area contributed by atoms with Gasteiger partial charge in [-0.25, -0.2) is 0 Å². The van der Waals surface area contributed by atoms with E-state index in [1.54, 1.807) is 0 Å². The molecule has 0 aromatic heterocycles. The molecule has 3 radical (unpaired) electrons. The molecule has 0 aliphatic carbocycles. The highest BCUT2D eigenvalue weighted by molar-refractivity contribution is 7.60. The molecule has 0 heterocycles. The Hall–Kier alpha value is 2.88. The highest BCUT2D eigenvalue weighted by Crippen LogP contribution is 0.861. The Morgan fingerprint density at radius 2 is 0.250 bits per heavy atom. The summed E-state index contributed by atoms with van der Waals surface area (Å²) in [6.07, 6.45) is 0. The maximum absolute atomic E-state index is 0. The van der Waals surface area contributed by atoms with Gasteiger partial charge in [-0.3, -0.25) is 0 Å². The molecular weight excluding hydrogens is 255 g/mol. The number of hydrogen-bond acceptors (Lipinski definition) is 0. The van der Waals surface area contributed by atoms with Crippen LogP contribution in [-0.2, 0) is 0 Å². The summed E-state index contributed by atoms with van der Waals surface area (Å²) in [4.78, 5) is 0. The number of rotatable bonds is 0. The monoisotopic (exact) mass is 269 g/mol. The van der Waals surface area contributed by atoms with Gasteiger partial charge in [0, 0.05) is 9.90 Å². The normalized spacial score (nSPS) is 0. The van der Waals surface area contributed by atoms with Gasteiger partial charge >= 0.3 is 0 Å². The van der Waals surface area contributed by atoms with Crippen molar-refractivity contribution in [3.8, 4) is 0 Å². The predicted molar refractivity (Wildman–Crippen MR) is 79.6 cm³/mol. The Morgan fingerprint density at radius 3 is 0.250 bits per heavy atom. The Balaban J connectivity index is 0. The minimum Gasteiger partial charge on any atom is -0.197 e. The first-order valence-electron chi connectivity index (χ1n) is 0.